The maximum atomic E-state index is 12.7. The number of rotatable bonds is 5. The highest BCUT2D eigenvalue weighted by Gasteiger charge is 2.18. The van der Waals surface area contributed by atoms with Crippen LogP contribution in [0.4, 0.5) is 16.5 Å². The molecule has 4 nitrogen and oxygen atoms in total. The van der Waals surface area contributed by atoms with Crippen molar-refractivity contribution < 1.29 is 4.79 Å². The number of benzene rings is 2. The second-order valence-electron chi connectivity index (χ2n) is 5.77. The van der Waals surface area contributed by atoms with Gasteiger partial charge in [0.2, 0.25) is 0 Å². The van der Waals surface area contributed by atoms with E-state index in [0.29, 0.717) is 4.88 Å². The van der Waals surface area contributed by atoms with E-state index in [-0.39, 0.29) is 5.91 Å². The summed E-state index contributed by atoms with van der Waals surface area (Å²) in [6.07, 6.45) is 0.875. The first kappa shape index (κ1) is 17.2. The fraction of sp³-hybridized carbons (Fsp3) is 0.200. The normalized spacial score (nSPS) is 10.5. The van der Waals surface area contributed by atoms with Crippen LogP contribution in [-0.4, -0.2) is 17.9 Å². The second kappa shape index (κ2) is 7.49. The molecule has 1 heterocycles. The van der Waals surface area contributed by atoms with Crippen LogP contribution in [-0.2, 0) is 6.42 Å². The molecule has 0 spiro atoms. The number of carbonyl (C=O) groups excluding carboxylic acids is 1. The number of aryl methyl sites for hydroxylation is 2. The fourth-order valence-electron chi connectivity index (χ4n) is 2.63. The Labute approximate surface area is 152 Å². The third-order valence-electron chi connectivity index (χ3n) is 4.07. The van der Waals surface area contributed by atoms with Crippen LogP contribution in [0, 0.1) is 6.92 Å². The van der Waals surface area contributed by atoms with Gasteiger partial charge in [-0.1, -0.05) is 54.7 Å². The lowest BCUT2D eigenvalue weighted by molar-refractivity contribution is 0.102. The summed E-state index contributed by atoms with van der Waals surface area (Å²) in [5.74, 6) is -0.108. The summed E-state index contributed by atoms with van der Waals surface area (Å²) in [7, 11) is 1.96. The summed E-state index contributed by atoms with van der Waals surface area (Å²) in [6, 6.07) is 17.9. The van der Waals surface area contributed by atoms with Gasteiger partial charge in [0.25, 0.3) is 5.91 Å². The van der Waals surface area contributed by atoms with Crippen LogP contribution in [0.1, 0.15) is 27.9 Å². The molecule has 0 aliphatic carbocycles. The van der Waals surface area contributed by atoms with Gasteiger partial charge in [-0.3, -0.25) is 4.79 Å². The van der Waals surface area contributed by atoms with Crippen molar-refractivity contribution in [1.82, 2.24) is 4.98 Å². The van der Waals surface area contributed by atoms with Crippen molar-refractivity contribution >= 4 is 33.8 Å². The molecule has 0 radical (unpaired) electrons. The minimum atomic E-state index is -0.108. The van der Waals surface area contributed by atoms with Crippen molar-refractivity contribution in [1.29, 1.82) is 0 Å². The average molecular weight is 351 g/mol. The van der Waals surface area contributed by atoms with E-state index in [2.05, 4.69) is 17.2 Å². The average Bonchev–Trinajstić information content (AvgIpc) is 3.04. The first-order chi connectivity index (χ1) is 12.1. The van der Waals surface area contributed by atoms with E-state index >= 15 is 0 Å². The molecule has 0 atom stereocenters. The van der Waals surface area contributed by atoms with Crippen molar-refractivity contribution in [2.75, 3.05) is 17.3 Å². The van der Waals surface area contributed by atoms with Gasteiger partial charge in [0.1, 0.15) is 4.88 Å². The minimum absolute atomic E-state index is 0.108. The summed E-state index contributed by atoms with van der Waals surface area (Å²) in [6.45, 7) is 3.95. The molecule has 3 rings (SSSR count). The van der Waals surface area contributed by atoms with E-state index in [1.807, 2.05) is 73.5 Å². The maximum absolute atomic E-state index is 12.7. The Hall–Kier alpha value is -2.66. The topological polar surface area (TPSA) is 45.2 Å². The van der Waals surface area contributed by atoms with Gasteiger partial charge in [0.15, 0.2) is 5.13 Å². The first-order valence-electron chi connectivity index (χ1n) is 8.25. The number of para-hydroxylation sites is 2. The van der Waals surface area contributed by atoms with Crippen molar-refractivity contribution in [2.45, 2.75) is 20.3 Å². The minimum Gasteiger partial charge on any atom is -0.321 e. The summed E-state index contributed by atoms with van der Waals surface area (Å²) in [5.41, 5.74) is 3.77. The van der Waals surface area contributed by atoms with E-state index in [1.165, 1.54) is 11.3 Å². The molecule has 0 saturated heterocycles. The van der Waals surface area contributed by atoms with Crippen LogP contribution >= 0.6 is 11.3 Å². The van der Waals surface area contributed by atoms with E-state index in [9.17, 15) is 4.79 Å². The highest BCUT2D eigenvalue weighted by atomic mass is 32.1. The molecule has 0 aliphatic rings. The summed E-state index contributed by atoms with van der Waals surface area (Å²) < 4.78 is 0. The van der Waals surface area contributed by atoms with Crippen molar-refractivity contribution in [3.05, 3.63) is 70.7 Å². The smallest absolute Gasteiger partial charge is 0.267 e. The molecule has 1 aromatic heterocycles. The predicted molar refractivity (Wildman–Crippen MR) is 105 cm³/mol. The van der Waals surface area contributed by atoms with E-state index in [4.69, 9.17) is 0 Å². The van der Waals surface area contributed by atoms with E-state index in [0.717, 1.165) is 34.2 Å². The molecule has 1 N–H and O–H groups in total. The molecule has 1 amide bonds. The lowest BCUT2D eigenvalue weighted by Gasteiger charge is -2.15. The molecule has 3 aromatic rings. The SMILES string of the molecule is CCc1ccccc1NC(=O)c1sc(N(C)c2ccccc2)nc1C. The Bertz CT molecular complexity index is 874. The predicted octanol–water partition coefficient (Wildman–Crippen LogP) is 5.03. The highest BCUT2D eigenvalue weighted by molar-refractivity contribution is 7.17. The number of anilines is 3. The van der Waals surface area contributed by atoms with Crippen LogP contribution < -0.4 is 10.2 Å². The molecule has 0 saturated carbocycles. The number of hydrogen-bond acceptors (Lipinski definition) is 4. The summed E-state index contributed by atoms with van der Waals surface area (Å²) in [5, 5.41) is 3.83. The molecule has 0 aliphatic heterocycles. The van der Waals surface area contributed by atoms with Crippen molar-refractivity contribution in [2.24, 2.45) is 0 Å². The van der Waals surface area contributed by atoms with Gasteiger partial charge in [0, 0.05) is 18.4 Å². The van der Waals surface area contributed by atoms with Crippen molar-refractivity contribution in [3.63, 3.8) is 0 Å². The number of hydrogen-bond donors (Lipinski definition) is 1. The standard InChI is InChI=1S/C20H21N3OS/c1-4-15-10-8-9-13-17(15)22-19(24)18-14(2)21-20(25-18)23(3)16-11-6-5-7-12-16/h5-13H,4H2,1-3H3,(H,22,24). The third kappa shape index (κ3) is 3.72. The van der Waals surface area contributed by atoms with Gasteiger partial charge in [-0.15, -0.1) is 0 Å². The number of amides is 1. The molecule has 25 heavy (non-hydrogen) atoms. The lowest BCUT2D eigenvalue weighted by Crippen LogP contribution is -2.12. The van der Waals surface area contributed by atoms with Crippen molar-refractivity contribution in [3.8, 4) is 0 Å². The number of carbonyl (C=O) groups is 1. The van der Waals surface area contributed by atoms with Gasteiger partial charge in [-0.25, -0.2) is 4.98 Å². The monoisotopic (exact) mass is 351 g/mol. The number of nitrogens with one attached hydrogen (secondary N) is 1. The molecule has 128 valence electrons. The van der Waals surface area contributed by atoms with Gasteiger partial charge >= 0.3 is 0 Å². The highest BCUT2D eigenvalue weighted by Crippen LogP contribution is 2.31. The molecule has 0 unspecified atom stereocenters. The summed E-state index contributed by atoms with van der Waals surface area (Å²) in [4.78, 5) is 19.9. The zero-order valence-electron chi connectivity index (χ0n) is 14.6. The van der Waals surface area contributed by atoms with Crippen LogP contribution in [0.5, 0.6) is 0 Å². The van der Waals surface area contributed by atoms with Gasteiger partial charge in [-0.2, -0.15) is 0 Å². The molecule has 2 aromatic carbocycles. The van der Waals surface area contributed by atoms with Crippen LogP contribution in [0.3, 0.4) is 0 Å². The van der Waals surface area contributed by atoms with Gasteiger partial charge in [-0.05, 0) is 37.1 Å². The number of thiazole rings is 1. The van der Waals surface area contributed by atoms with Gasteiger partial charge in [0.05, 0.1) is 5.69 Å². The lowest BCUT2D eigenvalue weighted by atomic mass is 10.1. The second-order valence-corrected chi connectivity index (χ2v) is 6.75. The molecule has 0 fully saturated rings. The Balaban J connectivity index is 1.83. The zero-order chi connectivity index (χ0) is 17.8. The number of nitrogens with zero attached hydrogens (tertiary/aromatic N) is 2. The Morgan fingerprint density at radius 3 is 2.52 bits per heavy atom. The fourth-order valence-corrected chi connectivity index (χ4v) is 3.57. The summed E-state index contributed by atoms with van der Waals surface area (Å²) >= 11 is 1.41. The number of aromatic nitrogens is 1. The largest absolute Gasteiger partial charge is 0.321 e. The Kier molecular flexibility index (Phi) is 5.14. The molecular formula is C20H21N3OS. The van der Waals surface area contributed by atoms with E-state index < -0.39 is 0 Å². The zero-order valence-corrected chi connectivity index (χ0v) is 15.4. The quantitative estimate of drug-likeness (QED) is 0.701. The first-order valence-corrected chi connectivity index (χ1v) is 9.07. The molecule has 5 heteroatoms. The van der Waals surface area contributed by atoms with Crippen LogP contribution in [0.2, 0.25) is 0 Å². The molecule has 0 bridgehead atoms. The molecular weight excluding hydrogens is 330 g/mol. The van der Waals surface area contributed by atoms with Gasteiger partial charge < -0.3 is 10.2 Å². The van der Waals surface area contributed by atoms with E-state index in [1.54, 1.807) is 0 Å². The van der Waals surface area contributed by atoms with Crippen LogP contribution in [0.15, 0.2) is 54.6 Å². The van der Waals surface area contributed by atoms with Crippen LogP contribution in [0.25, 0.3) is 0 Å². The Morgan fingerprint density at radius 1 is 1.12 bits per heavy atom. The third-order valence-corrected chi connectivity index (χ3v) is 5.30. The Morgan fingerprint density at radius 2 is 1.80 bits per heavy atom. The maximum Gasteiger partial charge on any atom is 0.267 e.